The number of esters is 1. The lowest BCUT2D eigenvalue weighted by atomic mass is 9.79. The van der Waals surface area contributed by atoms with Gasteiger partial charge in [0.1, 0.15) is 5.60 Å². The van der Waals surface area contributed by atoms with E-state index in [-0.39, 0.29) is 5.78 Å². The molecule has 0 saturated heterocycles. The summed E-state index contributed by atoms with van der Waals surface area (Å²) >= 11 is 5.23. The number of dihydropyridines is 1. The van der Waals surface area contributed by atoms with Crippen molar-refractivity contribution in [2.45, 2.75) is 46.1 Å². The molecule has 1 unspecified atom stereocenters. The van der Waals surface area contributed by atoms with Gasteiger partial charge in [0.25, 0.3) is 0 Å². The Morgan fingerprint density at radius 2 is 1.67 bits per heavy atom. The first-order valence-electron chi connectivity index (χ1n) is 10.8. The van der Waals surface area contributed by atoms with Crippen LogP contribution in [0.1, 0.15) is 51.7 Å². The highest BCUT2D eigenvalue weighted by Gasteiger charge is 2.39. The van der Waals surface area contributed by atoms with Crippen molar-refractivity contribution >= 4 is 49.1 Å². The Hall–Kier alpha value is -2.70. The molecule has 0 fully saturated rings. The van der Waals surface area contributed by atoms with Crippen molar-refractivity contribution in [2.24, 2.45) is 0 Å². The Kier molecular flexibility index (Phi) is 6.34. The van der Waals surface area contributed by atoms with Crippen LogP contribution >= 0.6 is 27.3 Å². The maximum Gasteiger partial charge on any atom is 0.337 e. The van der Waals surface area contributed by atoms with Crippen molar-refractivity contribution in [3.63, 3.8) is 0 Å². The predicted octanol–water partition coefficient (Wildman–Crippen LogP) is 6.97. The van der Waals surface area contributed by atoms with Crippen LogP contribution in [0, 0.1) is 0 Å². The molecule has 0 aliphatic carbocycles. The van der Waals surface area contributed by atoms with E-state index < -0.39 is 17.5 Å². The third-order valence-corrected chi connectivity index (χ3v) is 8.04. The van der Waals surface area contributed by atoms with E-state index in [4.69, 9.17) is 4.74 Å². The standard InChI is InChI=1S/C27H26BrNO3S/c1-15-22(17(3)30)24(20-14-33-25-19(20)12-9-13-21(25)28)23(16(2)29-15)26(31)32-27(4,5)18-10-7-6-8-11-18/h6-14,24,29H,1-5H3. The number of halogens is 1. The minimum Gasteiger partial charge on any atom is -0.451 e. The Morgan fingerprint density at radius 1 is 1.00 bits per heavy atom. The summed E-state index contributed by atoms with van der Waals surface area (Å²) in [6.07, 6.45) is 0. The van der Waals surface area contributed by atoms with Gasteiger partial charge < -0.3 is 10.1 Å². The zero-order valence-corrected chi connectivity index (χ0v) is 21.7. The highest BCUT2D eigenvalue weighted by Crippen LogP contribution is 2.45. The molecule has 170 valence electrons. The van der Waals surface area contributed by atoms with E-state index in [0.717, 1.165) is 31.4 Å². The Balaban J connectivity index is 1.84. The van der Waals surface area contributed by atoms with Crippen LogP contribution in [-0.4, -0.2) is 11.8 Å². The fraction of sp³-hybridized carbons (Fsp3) is 0.259. The van der Waals surface area contributed by atoms with E-state index in [1.165, 1.54) is 0 Å². The number of hydrogen-bond donors (Lipinski definition) is 1. The number of thiophene rings is 1. The van der Waals surface area contributed by atoms with Crippen molar-refractivity contribution in [2.75, 3.05) is 0 Å². The molecule has 0 saturated carbocycles. The monoisotopic (exact) mass is 523 g/mol. The summed E-state index contributed by atoms with van der Waals surface area (Å²) < 4.78 is 8.16. The average Bonchev–Trinajstić information content (AvgIpc) is 3.18. The molecule has 1 aromatic heterocycles. The first-order chi connectivity index (χ1) is 15.6. The van der Waals surface area contributed by atoms with E-state index in [0.29, 0.717) is 16.8 Å². The van der Waals surface area contributed by atoms with Gasteiger partial charge in [0, 0.05) is 32.1 Å². The van der Waals surface area contributed by atoms with Crippen LogP contribution in [0.5, 0.6) is 0 Å². The van der Waals surface area contributed by atoms with Crippen molar-refractivity contribution in [3.8, 4) is 0 Å². The SMILES string of the molecule is CC(=O)C1=C(C)NC(C)=C(C(=O)OC(C)(C)c2ccccc2)C1c1csc2c(Br)cccc12. The minimum atomic E-state index is -0.831. The molecule has 0 radical (unpaired) electrons. The summed E-state index contributed by atoms with van der Waals surface area (Å²) in [5.41, 5.74) is 3.53. The van der Waals surface area contributed by atoms with Crippen LogP contribution in [0.4, 0.5) is 0 Å². The van der Waals surface area contributed by atoms with E-state index in [2.05, 4.69) is 21.2 Å². The number of nitrogens with one attached hydrogen (secondary N) is 1. The van der Waals surface area contributed by atoms with Gasteiger partial charge in [0.15, 0.2) is 5.78 Å². The number of hydrogen-bond acceptors (Lipinski definition) is 5. The van der Waals surface area contributed by atoms with Crippen LogP contribution in [-0.2, 0) is 19.9 Å². The third kappa shape index (κ3) is 4.30. The molecule has 0 amide bonds. The zero-order chi connectivity index (χ0) is 23.9. The summed E-state index contributed by atoms with van der Waals surface area (Å²) in [6.45, 7) is 9.06. The summed E-state index contributed by atoms with van der Waals surface area (Å²) in [5, 5.41) is 6.32. The molecule has 1 aliphatic heterocycles. The fourth-order valence-corrected chi connectivity index (χ4v) is 6.14. The van der Waals surface area contributed by atoms with Crippen molar-refractivity contribution < 1.29 is 14.3 Å². The molecule has 3 aromatic rings. The number of fused-ring (bicyclic) bond motifs is 1. The van der Waals surface area contributed by atoms with E-state index >= 15 is 0 Å². The molecule has 6 heteroatoms. The second-order valence-corrected chi connectivity index (χ2v) is 10.5. The second-order valence-electron chi connectivity index (χ2n) is 8.76. The van der Waals surface area contributed by atoms with Crippen molar-refractivity contribution in [1.29, 1.82) is 0 Å². The van der Waals surface area contributed by atoms with Crippen LogP contribution in [0.25, 0.3) is 10.1 Å². The summed E-state index contributed by atoms with van der Waals surface area (Å²) in [7, 11) is 0. The highest BCUT2D eigenvalue weighted by molar-refractivity contribution is 9.10. The molecule has 1 N–H and O–H groups in total. The maximum atomic E-state index is 13.7. The quantitative estimate of drug-likeness (QED) is 0.367. The first kappa shape index (κ1) is 23.5. The fourth-order valence-electron chi connectivity index (χ4n) is 4.49. The summed E-state index contributed by atoms with van der Waals surface area (Å²) in [4.78, 5) is 26.5. The maximum absolute atomic E-state index is 13.7. The Bertz CT molecular complexity index is 1320. The molecule has 0 spiro atoms. The van der Waals surface area contributed by atoms with Crippen LogP contribution in [0.2, 0.25) is 0 Å². The number of ether oxygens (including phenoxy) is 1. The number of benzene rings is 2. The minimum absolute atomic E-state index is 0.0699. The molecule has 4 nitrogen and oxygen atoms in total. The largest absolute Gasteiger partial charge is 0.451 e. The van der Waals surface area contributed by atoms with Gasteiger partial charge >= 0.3 is 5.97 Å². The topological polar surface area (TPSA) is 55.4 Å². The second kappa shape index (κ2) is 8.92. The van der Waals surface area contributed by atoms with Crippen molar-refractivity contribution in [1.82, 2.24) is 5.32 Å². The molecule has 0 bridgehead atoms. The molecule has 1 atom stereocenters. The lowest BCUT2D eigenvalue weighted by Gasteiger charge is -2.33. The normalized spacial score (nSPS) is 16.7. The molecule has 33 heavy (non-hydrogen) atoms. The highest BCUT2D eigenvalue weighted by atomic mass is 79.9. The van der Waals surface area contributed by atoms with Gasteiger partial charge in [0.2, 0.25) is 0 Å². The van der Waals surface area contributed by atoms with E-state index in [1.54, 1.807) is 18.3 Å². The molecular formula is C27H26BrNO3S. The zero-order valence-electron chi connectivity index (χ0n) is 19.3. The number of carbonyl (C=O) groups excluding carboxylic acids is 2. The molecule has 2 heterocycles. The van der Waals surface area contributed by atoms with Gasteiger partial charge in [-0.15, -0.1) is 11.3 Å². The lowest BCUT2D eigenvalue weighted by molar-refractivity contribution is -0.152. The van der Waals surface area contributed by atoms with Gasteiger partial charge in [-0.3, -0.25) is 4.79 Å². The first-order valence-corrected chi connectivity index (χ1v) is 12.4. The van der Waals surface area contributed by atoms with Crippen molar-refractivity contribution in [3.05, 3.63) is 92.1 Å². The Morgan fingerprint density at radius 3 is 2.33 bits per heavy atom. The third-order valence-electron chi connectivity index (χ3n) is 6.07. The van der Waals surface area contributed by atoms with E-state index in [9.17, 15) is 9.59 Å². The summed E-state index contributed by atoms with van der Waals surface area (Å²) in [5.74, 6) is -1.01. The molecule has 2 aromatic carbocycles. The smallest absolute Gasteiger partial charge is 0.337 e. The lowest BCUT2D eigenvalue weighted by Crippen LogP contribution is -2.34. The summed E-state index contributed by atoms with van der Waals surface area (Å²) in [6, 6.07) is 15.7. The number of rotatable bonds is 5. The van der Waals surface area contributed by atoms with Gasteiger partial charge in [-0.25, -0.2) is 4.79 Å². The molecular weight excluding hydrogens is 498 g/mol. The van der Waals surface area contributed by atoms with Crippen LogP contribution in [0.15, 0.2) is 80.9 Å². The average molecular weight is 524 g/mol. The van der Waals surface area contributed by atoms with Crippen LogP contribution < -0.4 is 5.32 Å². The number of allylic oxidation sites excluding steroid dienone is 3. The van der Waals surface area contributed by atoms with Gasteiger partial charge in [-0.1, -0.05) is 42.5 Å². The molecule has 1 aliphatic rings. The Labute approximate surface area is 206 Å². The van der Waals surface area contributed by atoms with Gasteiger partial charge in [0.05, 0.1) is 5.57 Å². The number of Topliss-reactive ketones (excluding diaryl/α,β-unsaturated/α-hetero) is 1. The predicted molar refractivity (Wildman–Crippen MR) is 137 cm³/mol. The number of carbonyl (C=O) groups is 2. The van der Waals surface area contributed by atoms with Crippen LogP contribution in [0.3, 0.4) is 0 Å². The number of ketones is 1. The molecule has 4 rings (SSSR count). The van der Waals surface area contributed by atoms with Gasteiger partial charge in [-0.2, -0.15) is 0 Å². The van der Waals surface area contributed by atoms with Gasteiger partial charge in [-0.05, 0) is 78.5 Å². The van der Waals surface area contributed by atoms with E-state index in [1.807, 2.05) is 81.6 Å².